The molecule has 0 bridgehead atoms. The maximum absolute atomic E-state index is 4.77. The first-order valence-corrected chi connectivity index (χ1v) is 7.89. The maximum atomic E-state index is 4.77. The van der Waals surface area contributed by atoms with Gasteiger partial charge in [-0.3, -0.25) is 0 Å². The molecule has 1 aromatic carbocycles. The van der Waals surface area contributed by atoms with E-state index in [1.165, 1.54) is 32.1 Å². The first kappa shape index (κ1) is 14.3. The Morgan fingerprint density at radius 2 is 1.86 bits per heavy atom. The van der Waals surface area contributed by atoms with E-state index >= 15 is 0 Å². The summed E-state index contributed by atoms with van der Waals surface area (Å²) in [4.78, 5) is 11.6. The van der Waals surface area contributed by atoms with Crippen molar-refractivity contribution >= 4 is 16.7 Å². The minimum absolute atomic E-state index is 0.560. The Hall–Kier alpha value is -1.68. The molecule has 4 nitrogen and oxygen atoms in total. The van der Waals surface area contributed by atoms with Gasteiger partial charge in [0.05, 0.1) is 12.1 Å². The Morgan fingerprint density at radius 1 is 1.10 bits per heavy atom. The van der Waals surface area contributed by atoms with Crippen LogP contribution in [0.2, 0.25) is 0 Å². The zero-order valence-corrected chi connectivity index (χ0v) is 13.0. The topological polar surface area (TPSA) is 41.1 Å². The van der Waals surface area contributed by atoms with E-state index in [9.17, 15) is 0 Å². The number of anilines is 1. The molecule has 2 aromatic rings. The molecule has 0 radical (unpaired) electrons. The van der Waals surface area contributed by atoms with Gasteiger partial charge in [-0.15, -0.1) is 0 Å². The third kappa shape index (κ3) is 3.50. The van der Waals surface area contributed by atoms with Crippen molar-refractivity contribution in [1.82, 2.24) is 14.9 Å². The molecule has 1 heterocycles. The number of hydrogen-bond acceptors (Lipinski definition) is 4. The lowest BCUT2D eigenvalue weighted by Gasteiger charge is -2.24. The van der Waals surface area contributed by atoms with Gasteiger partial charge < -0.3 is 10.2 Å². The van der Waals surface area contributed by atoms with E-state index in [1.807, 2.05) is 20.2 Å². The molecule has 0 spiro atoms. The van der Waals surface area contributed by atoms with Gasteiger partial charge in [-0.05, 0) is 39.1 Å². The van der Waals surface area contributed by atoms with Crippen LogP contribution in [0.4, 0.5) is 5.82 Å². The van der Waals surface area contributed by atoms with Gasteiger partial charge in [0, 0.05) is 11.4 Å². The second kappa shape index (κ2) is 6.39. The van der Waals surface area contributed by atoms with E-state index in [4.69, 9.17) is 4.98 Å². The monoisotopic (exact) mass is 284 g/mol. The first-order chi connectivity index (χ1) is 10.2. The van der Waals surface area contributed by atoms with Crippen molar-refractivity contribution < 1.29 is 0 Å². The highest BCUT2D eigenvalue weighted by molar-refractivity contribution is 5.89. The quantitative estimate of drug-likeness (QED) is 0.934. The molecule has 0 unspecified atom stereocenters. The largest absolute Gasteiger partial charge is 0.367 e. The van der Waals surface area contributed by atoms with Crippen LogP contribution in [-0.2, 0) is 6.54 Å². The molecule has 0 saturated heterocycles. The molecule has 0 amide bonds. The molecule has 0 aliphatic heterocycles. The minimum atomic E-state index is 0.560. The average molecular weight is 284 g/mol. The summed E-state index contributed by atoms with van der Waals surface area (Å²) in [7, 11) is 4.10. The van der Waals surface area contributed by atoms with Crippen LogP contribution in [0.5, 0.6) is 0 Å². The molecule has 112 valence electrons. The van der Waals surface area contributed by atoms with Crippen LogP contribution in [0.3, 0.4) is 0 Å². The fourth-order valence-corrected chi connectivity index (χ4v) is 3.03. The number of aromatic nitrogens is 2. The number of para-hydroxylation sites is 1. The van der Waals surface area contributed by atoms with Gasteiger partial charge in [0.15, 0.2) is 0 Å². The van der Waals surface area contributed by atoms with Gasteiger partial charge >= 0.3 is 0 Å². The lowest BCUT2D eigenvalue weighted by molar-refractivity contribution is 0.391. The number of nitrogens with one attached hydrogen (secondary N) is 1. The van der Waals surface area contributed by atoms with Crippen molar-refractivity contribution in [2.24, 2.45) is 0 Å². The lowest BCUT2D eigenvalue weighted by Crippen LogP contribution is -2.23. The highest BCUT2D eigenvalue weighted by Crippen LogP contribution is 2.25. The van der Waals surface area contributed by atoms with Crippen molar-refractivity contribution in [1.29, 1.82) is 0 Å². The standard InChI is InChI=1S/C17H24N4/c1-21(2)12-16-19-15-11-7-6-10-14(15)17(20-16)18-13-8-4-3-5-9-13/h6-7,10-11,13H,3-5,8-9,12H2,1-2H3,(H,18,19,20). The second-order valence-corrected chi connectivity index (χ2v) is 6.22. The molecule has 0 atom stereocenters. The summed E-state index contributed by atoms with van der Waals surface area (Å²) in [5, 5.41) is 4.80. The van der Waals surface area contributed by atoms with E-state index in [0.29, 0.717) is 6.04 Å². The fourth-order valence-electron chi connectivity index (χ4n) is 3.03. The van der Waals surface area contributed by atoms with Gasteiger partial charge in [0.2, 0.25) is 0 Å². The van der Waals surface area contributed by atoms with Crippen molar-refractivity contribution in [3.05, 3.63) is 30.1 Å². The number of rotatable bonds is 4. The van der Waals surface area contributed by atoms with Crippen molar-refractivity contribution in [2.75, 3.05) is 19.4 Å². The number of fused-ring (bicyclic) bond motifs is 1. The summed E-state index contributed by atoms with van der Waals surface area (Å²) in [6.45, 7) is 0.768. The van der Waals surface area contributed by atoms with Crippen LogP contribution in [0.15, 0.2) is 24.3 Å². The normalized spacial score (nSPS) is 16.5. The maximum Gasteiger partial charge on any atom is 0.145 e. The Kier molecular flexibility index (Phi) is 4.34. The van der Waals surface area contributed by atoms with Gasteiger partial charge in [0.25, 0.3) is 0 Å². The highest BCUT2D eigenvalue weighted by atomic mass is 15.1. The van der Waals surface area contributed by atoms with Crippen molar-refractivity contribution in [3.63, 3.8) is 0 Å². The molecular weight excluding hydrogens is 260 g/mol. The molecule has 4 heteroatoms. The third-order valence-corrected chi connectivity index (χ3v) is 4.05. The number of nitrogens with zero attached hydrogens (tertiary/aromatic N) is 3. The Labute approximate surface area is 126 Å². The summed E-state index contributed by atoms with van der Waals surface area (Å²) >= 11 is 0. The van der Waals surface area contributed by atoms with Crippen molar-refractivity contribution in [3.8, 4) is 0 Å². The minimum Gasteiger partial charge on any atom is -0.367 e. The van der Waals surface area contributed by atoms with Gasteiger partial charge in [0.1, 0.15) is 11.6 Å². The summed E-state index contributed by atoms with van der Waals surface area (Å²) < 4.78 is 0. The van der Waals surface area contributed by atoms with Crippen LogP contribution in [0.25, 0.3) is 10.9 Å². The fraction of sp³-hybridized carbons (Fsp3) is 0.529. The van der Waals surface area contributed by atoms with Gasteiger partial charge in [-0.25, -0.2) is 9.97 Å². The van der Waals surface area contributed by atoms with Crippen LogP contribution >= 0.6 is 0 Å². The lowest BCUT2D eigenvalue weighted by atomic mass is 9.95. The molecule has 1 aromatic heterocycles. The Bertz CT molecular complexity index is 603. The summed E-state index contributed by atoms with van der Waals surface area (Å²) in [6, 6.07) is 8.84. The Balaban J connectivity index is 1.93. The second-order valence-electron chi connectivity index (χ2n) is 6.22. The third-order valence-electron chi connectivity index (χ3n) is 4.05. The molecule has 21 heavy (non-hydrogen) atoms. The van der Waals surface area contributed by atoms with E-state index in [-0.39, 0.29) is 0 Å². The molecule has 1 fully saturated rings. The predicted molar refractivity (Wildman–Crippen MR) is 87.4 cm³/mol. The molecule has 1 N–H and O–H groups in total. The molecule has 1 aliphatic rings. The van der Waals surface area contributed by atoms with E-state index in [1.54, 1.807) is 0 Å². The summed E-state index contributed by atoms with van der Waals surface area (Å²) in [6.07, 6.45) is 6.52. The molecule has 1 saturated carbocycles. The van der Waals surface area contributed by atoms with Gasteiger partial charge in [-0.1, -0.05) is 31.4 Å². The van der Waals surface area contributed by atoms with Crippen LogP contribution in [-0.4, -0.2) is 35.0 Å². The smallest absolute Gasteiger partial charge is 0.145 e. The highest BCUT2D eigenvalue weighted by Gasteiger charge is 2.16. The van der Waals surface area contributed by atoms with E-state index in [2.05, 4.69) is 33.4 Å². The zero-order valence-electron chi connectivity index (χ0n) is 13.0. The molecular formula is C17H24N4. The van der Waals surface area contributed by atoms with Crippen LogP contribution in [0, 0.1) is 0 Å². The van der Waals surface area contributed by atoms with Gasteiger partial charge in [-0.2, -0.15) is 0 Å². The average Bonchev–Trinajstić information content (AvgIpc) is 2.47. The predicted octanol–water partition coefficient (Wildman–Crippen LogP) is 3.44. The summed E-state index contributed by atoms with van der Waals surface area (Å²) in [5.41, 5.74) is 1.03. The van der Waals surface area contributed by atoms with Crippen molar-refractivity contribution in [2.45, 2.75) is 44.7 Å². The molecule has 3 rings (SSSR count). The molecule has 1 aliphatic carbocycles. The first-order valence-electron chi connectivity index (χ1n) is 7.89. The van der Waals surface area contributed by atoms with Crippen LogP contribution < -0.4 is 5.32 Å². The SMILES string of the molecule is CN(C)Cc1nc(NC2CCCCC2)c2ccccc2n1. The zero-order chi connectivity index (χ0) is 14.7. The number of hydrogen-bond donors (Lipinski definition) is 1. The summed E-state index contributed by atoms with van der Waals surface area (Å²) in [5.74, 6) is 1.89. The van der Waals surface area contributed by atoms with Crippen LogP contribution in [0.1, 0.15) is 37.9 Å². The van der Waals surface area contributed by atoms with E-state index < -0.39 is 0 Å². The number of benzene rings is 1. The van der Waals surface area contributed by atoms with E-state index in [0.717, 1.165) is 29.1 Å². The Morgan fingerprint density at radius 3 is 2.62 bits per heavy atom.